The Balaban J connectivity index is 2.28. The lowest BCUT2D eigenvalue weighted by Crippen LogP contribution is -2.41. The van der Waals surface area contributed by atoms with E-state index in [9.17, 15) is 14.4 Å². The summed E-state index contributed by atoms with van der Waals surface area (Å²) in [5.41, 5.74) is 0.0526. The molecule has 1 atom stereocenters. The van der Waals surface area contributed by atoms with Gasteiger partial charge in [-0.05, 0) is 39.5 Å². The summed E-state index contributed by atoms with van der Waals surface area (Å²) in [7, 11) is 0. The van der Waals surface area contributed by atoms with Crippen molar-refractivity contribution in [2.24, 2.45) is 11.3 Å². The van der Waals surface area contributed by atoms with Crippen molar-refractivity contribution in [3.63, 3.8) is 0 Å². The van der Waals surface area contributed by atoms with Crippen LogP contribution in [-0.2, 0) is 19.1 Å². The van der Waals surface area contributed by atoms with Gasteiger partial charge in [-0.3, -0.25) is 14.4 Å². The molecular formula is C17H24O4. The number of esters is 1. The molecule has 0 heterocycles. The largest absolute Gasteiger partial charge is 0.465 e. The molecule has 0 aliphatic heterocycles. The third kappa shape index (κ3) is 3.09. The molecule has 21 heavy (non-hydrogen) atoms. The second kappa shape index (κ2) is 6.54. The Morgan fingerprint density at radius 1 is 1.24 bits per heavy atom. The molecule has 1 unspecified atom stereocenters. The summed E-state index contributed by atoms with van der Waals surface area (Å²) in [6.45, 7) is 3.28. The van der Waals surface area contributed by atoms with Crippen LogP contribution in [0.25, 0.3) is 0 Å². The van der Waals surface area contributed by atoms with Gasteiger partial charge in [0.1, 0.15) is 11.7 Å². The highest BCUT2D eigenvalue weighted by Crippen LogP contribution is 2.46. The minimum Gasteiger partial charge on any atom is -0.465 e. The molecule has 2 aliphatic carbocycles. The SMILES string of the molecule is CCOC(=O)C(C(C)=O)C1=CCCC2(CCCCC2)C1=O. The summed E-state index contributed by atoms with van der Waals surface area (Å²) in [4.78, 5) is 36.9. The molecule has 116 valence electrons. The topological polar surface area (TPSA) is 60.4 Å². The van der Waals surface area contributed by atoms with E-state index in [1.165, 1.54) is 13.3 Å². The molecule has 0 N–H and O–H groups in total. The van der Waals surface area contributed by atoms with Crippen LogP contribution in [-0.4, -0.2) is 24.1 Å². The first-order valence-electron chi connectivity index (χ1n) is 7.94. The predicted octanol–water partition coefficient (Wildman–Crippen LogP) is 2.99. The summed E-state index contributed by atoms with van der Waals surface area (Å²) in [6.07, 6.45) is 8.46. The van der Waals surface area contributed by atoms with E-state index >= 15 is 0 Å². The van der Waals surface area contributed by atoms with Gasteiger partial charge in [0.05, 0.1) is 6.61 Å². The Morgan fingerprint density at radius 2 is 1.90 bits per heavy atom. The molecule has 1 saturated carbocycles. The van der Waals surface area contributed by atoms with Crippen molar-refractivity contribution in [3.05, 3.63) is 11.6 Å². The predicted molar refractivity (Wildman–Crippen MR) is 78.6 cm³/mol. The Hall–Kier alpha value is -1.45. The Kier molecular flexibility index (Phi) is 4.96. The minimum absolute atomic E-state index is 0.0155. The molecule has 0 bridgehead atoms. The first-order valence-corrected chi connectivity index (χ1v) is 7.94. The molecule has 1 fully saturated rings. The van der Waals surface area contributed by atoms with Crippen molar-refractivity contribution in [1.29, 1.82) is 0 Å². The van der Waals surface area contributed by atoms with E-state index in [1.807, 2.05) is 0 Å². The highest BCUT2D eigenvalue weighted by atomic mass is 16.5. The molecule has 2 rings (SSSR count). The fraction of sp³-hybridized carbons (Fsp3) is 0.706. The van der Waals surface area contributed by atoms with Crippen LogP contribution in [0.1, 0.15) is 58.8 Å². The van der Waals surface area contributed by atoms with Crippen LogP contribution in [0.5, 0.6) is 0 Å². The van der Waals surface area contributed by atoms with E-state index in [2.05, 4.69) is 0 Å². The second-order valence-electron chi connectivity index (χ2n) is 6.16. The van der Waals surface area contributed by atoms with Gasteiger partial charge in [0.15, 0.2) is 5.78 Å². The maximum atomic E-state index is 12.9. The highest BCUT2D eigenvalue weighted by molar-refractivity contribution is 6.13. The number of ether oxygens (including phenoxy) is 1. The van der Waals surface area contributed by atoms with E-state index in [-0.39, 0.29) is 23.6 Å². The molecule has 0 saturated heterocycles. The van der Waals surface area contributed by atoms with E-state index in [0.717, 1.165) is 38.5 Å². The van der Waals surface area contributed by atoms with E-state index in [4.69, 9.17) is 4.74 Å². The van der Waals surface area contributed by atoms with Crippen LogP contribution in [0.15, 0.2) is 11.6 Å². The van der Waals surface area contributed by atoms with Crippen LogP contribution >= 0.6 is 0 Å². The molecule has 0 aromatic carbocycles. The second-order valence-corrected chi connectivity index (χ2v) is 6.16. The minimum atomic E-state index is -1.03. The van der Waals surface area contributed by atoms with Gasteiger partial charge >= 0.3 is 5.97 Å². The monoisotopic (exact) mass is 292 g/mol. The maximum absolute atomic E-state index is 12.9. The first kappa shape index (κ1) is 15.9. The molecule has 1 spiro atoms. The summed E-state index contributed by atoms with van der Waals surface area (Å²) in [5, 5.41) is 0. The Morgan fingerprint density at radius 3 is 2.48 bits per heavy atom. The molecule has 0 aromatic heterocycles. The lowest BCUT2D eigenvalue weighted by molar-refractivity contribution is -0.151. The number of carbonyl (C=O) groups is 3. The number of hydrogen-bond acceptors (Lipinski definition) is 4. The Bertz CT molecular complexity index is 469. The summed E-state index contributed by atoms with van der Waals surface area (Å²) >= 11 is 0. The smallest absolute Gasteiger partial charge is 0.321 e. The number of carbonyl (C=O) groups excluding carboxylic acids is 3. The summed E-state index contributed by atoms with van der Waals surface area (Å²) < 4.78 is 4.99. The molecule has 0 radical (unpaired) electrons. The van der Waals surface area contributed by atoms with Crippen LogP contribution in [0.2, 0.25) is 0 Å². The number of rotatable bonds is 4. The fourth-order valence-electron chi connectivity index (χ4n) is 3.71. The highest BCUT2D eigenvalue weighted by Gasteiger charge is 2.46. The van der Waals surface area contributed by atoms with Crippen molar-refractivity contribution in [2.45, 2.75) is 58.8 Å². The number of allylic oxidation sites excluding steroid dienone is 1. The lowest BCUT2D eigenvalue weighted by atomic mass is 9.63. The molecule has 0 aromatic rings. The number of ketones is 2. The number of hydrogen-bond donors (Lipinski definition) is 0. The molecular weight excluding hydrogens is 268 g/mol. The molecule has 4 heteroatoms. The van der Waals surface area contributed by atoms with Gasteiger partial charge in [0, 0.05) is 11.0 Å². The normalized spacial score (nSPS) is 22.6. The average Bonchev–Trinajstić information content (AvgIpc) is 2.45. The van der Waals surface area contributed by atoms with Gasteiger partial charge in [-0.2, -0.15) is 0 Å². The van der Waals surface area contributed by atoms with Crippen molar-refractivity contribution >= 4 is 17.5 Å². The number of Topliss-reactive ketones (excluding diaryl/α,β-unsaturated/α-hetero) is 2. The van der Waals surface area contributed by atoms with Gasteiger partial charge in [-0.15, -0.1) is 0 Å². The van der Waals surface area contributed by atoms with Crippen LogP contribution in [0, 0.1) is 11.3 Å². The third-order valence-corrected chi connectivity index (χ3v) is 4.78. The quantitative estimate of drug-likeness (QED) is 0.590. The zero-order chi connectivity index (χ0) is 15.5. The first-order chi connectivity index (χ1) is 10.0. The summed E-state index contributed by atoms with van der Waals surface area (Å²) in [6, 6.07) is 0. The zero-order valence-electron chi connectivity index (χ0n) is 12.9. The standard InChI is InChI=1S/C17H24O4/c1-3-21-16(20)14(12(2)18)13-8-7-11-17(15(13)19)9-5-4-6-10-17/h8,14H,3-7,9-11H2,1-2H3. The fourth-order valence-corrected chi connectivity index (χ4v) is 3.71. The van der Waals surface area contributed by atoms with Crippen molar-refractivity contribution < 1.29 is 19.1 Å². The Labute approximate surface area is 125 Å². The van der Waals surface area contributed by atoms with E-state index in [1.54, 1.807) is 13.0 Å². The van der Waals surface area contributed by atoms with Gasteiger partial charge in [0.25, 0.3) is 0 Å². The van der Waals surface area contributed by atoms with Gasteiger partial charge < -0.3 is 4.74 Å². The third-order valence-electron chi connectivity index (χ3n) is 4.78. The lowest BCUT2D eigenvalue weighted by Gasteiger charge is -2.39. The van der Waals surface area contributed by atoms with Gasteiger partial charge in [-0.1, -0.05) is 25.3 Å². The van der Waals surface area contributed by atoms with Gasteiger partial charge in [-0.25, -0.2) is 0 Å². The van der Waals surface area contributed by atoms with Crippen molar-refractivity contribution in [1.82, 2.24) is 0 Å². The molecule has 4 nitrogen and oxygen atoms in total. The molecule has 2 aliphatic rings. The van der Waals surface area contributed by atoms with Gasteiger partial charge in [0.2, 0.25) is 0 Å². The maximum Gasteiger partial charge on any atom is 0.321 e. The van der Waals surface area contributed by atoms with Crippen LogP contribution in [0.4, 0.5) is 0 Å². The summed E-state index contributed by atoms with van der Waals surface area (Å²) in [5.74, 6) is -1.91. The molecule has 0 amide bonds. The van der Waals surface area contributed by atoms with E-state index < -0.39 is 11.9 Å². The average molecular weight is 292 g/mol. The van der Waals surface area contributed by atoms with Crippen molar-refractivity contribution in [2.75, 3.05) is 6.61 Å². The zero-order valence-corrected chi connectivity index (χ0v) is 12.9. The van der Waals surface area contributed by atoms with Crippen LogP contribution in [0.3, 0.4) is 0 Å². The van der Waals surface area contributed by atoms with Crippen molar-refractivity contribution in [3.8, 4) is 0 Å². The van der Waals surface area contributed by atoms with E-state index in [0.29, 0.717) is 5.57 Å². The van der Waals surface area contributed by atoms with Crippen LogP contribution < -0.4 is 0 Å².